The van der Waals surface area contributed by atoms with Crippen molar-refractivity contribution in [3.05, 3.63) is 99.6 Å². The van der Waals surface area contributed by atoms with E-state index in [9.17, 15) is 19.2 Å². The number of hydrogen-bond donors (Lipinski definition) is 1. The molecule has 0 radical (unpaired) electrons. The zero-order valence-corrected chi connectivity index (χ0v) is 21.6. The third kappa shape index (κ3) is 3.64. The molecule has 38 heavy (non-hydrogen) atoms. The number of amides is 3. The van der Waals surface area contributed by atoms with Crippen molar-refractivity contribution in [3.63, 3.8) is 0 Å². The van der Waals surface area contributed by atoms with Crippen LogP contribution in [0.4, 0.5) is 5.69 Å². The van der Waals surface area contributed by atoms with Gasteiger partial charge in [0.15, 0.2) is 6.61 Å². The van der Waals surface area contributed by atoms with Gasteiger partial charge in [0.2, 0.25) is 11.8 Å². The lowest BCUT2D eigenvalue weighted by Gasteiger charge is -2.45. The van der Waals surface area contributed by atoms with E-state index in [0.717, 1.165) is 32.7 Å². The Balaban J connectivity index is 1.21. The summed E-state index contributed by atoms with van der Waals surface area (Å²) in [5.74, 6) is -3.78. The molecule has 0 unspecified atom stereocenters. The van der Waals surface area contributed by atoms with Crippen molar-refractivity contribution >= 4 is 41.0 Å². The molecule has 3 aromatic rings. The number of anilines is 1. The molecule has 3 aromatic carbocycles. The fourth-order valence-corrected chi connectivity index (χ4v) is 6.53. The van der Waals surface area contributed by atoms with Gasteiger partial charge >= 0.3 is 5.97 Å². The van der Waals surface area contributed by atoms with E-state index < -0.39 is 36.4 Å². The van der Waals surface area contributed by atoms with Gasteiger partial charge in [0, 0.05) is 22.5 Å². The zero-order valence-electron chi connectivity index (χ0n) is 20.8. The normalized spacial score (nSPS) is 23.4. The van der Waals surface area contributed by atoms with Crippen LogP contribution in [0.5, 0.6) is 0 Å². The fraction of sp³-hybridized carbons (Fsp3) is 0.267. The molecule has 1 saturated heterocycles. The molecule has 3 amide bonds. The van der Waals surface area contributed by atoms with Crippen molar-refractivity contribution in [3.8, 4) is 0 Å². The summed E-state index contributed by atoms with van der Waals surface area (Å²) in [4.78, 5) is 53.9. The summed E-state index contributed by atoms with van der Waals surface area (Å²) < 4.78 is 5.23. The SMILES string of the molecule is Cc1ccc(Cl)cc1NC(=O)COC(=O)[C@H](C)N1C(=O)[C@@H]2C3c4ccccc4C(c4ccccc43)[C@@H]2C1=O. The first-order valence-electron chi connectivity index (χ1n) is 12.5. The summed E-state index contributed by atoms with van der Waals surface area (Å²) in [6.07, 6.45) is 0. The second kappa shape index (κ2) is 9.10. The zero-order chi connectivity index (χ0) is 26.7. The van der Waals surface area contributed by atoms with Crippen LogP contribution in [0.15, 0.2) is 66.7 Å². The van der Waals surface area contributed by atoms with E-state index in [4.69, 9.17) is 16.3 Å². The highest BCUT2D eigenvalue weighted by Crippen LogP contribution is 2.61. The minimum atomic E-state index is -1.16. The molecular formula is C30H25ClN2O5. The summed E-state index contributed by atoms with van der Waals surface area (Å²) >= 11 is 6.00. The summed E-state index contributed by atoms with van der Waals surface area (Å²) in [5, 5.41) is 3.13. The number of esters is 1. The molecule has 1 N–H and O–H groups in total. The largest absolute Gasteiger partial charge is 0.454 e. The molecular weight excluding hydrogens is 504 g/mol. The topological polar surface area (TPSA) is 92.8 Å². The minimum absolute atomic E-state index is 0.256. The molecule has 1 aliphatic heterocycles. The number of imide groups is 1. The predicted octanol–water partition coefficient (Wildman–Crippen LogP) is 4.41. The van der Waals surface area contributed by atoms with Gasteiger partial charge in [0.1, 0.15) is 6.04 Å². The van der Waals surface area contributed by atoms with Crippen molar-refractivity contribution in [1.82, 2.24) is 4.90 Å². The number of halogens is 1. The van der Waals surface area contributed by atoms with Gasteiger partial charge in [0.05, 0.1) is 11.8 Å². The van der Waals surface area contributed by atoms with Gasteiger partial charge in [-0.25, -0.2) is 4.79 Å². The Hall–Kier alpha value is -3.97. The van der Waals surface area contributed by atoms with E-state index in [1.54, 1.807) is 18.2 Å². The molecule has 0 spiro atoms. The summed E-state index contributed by atoms with van der Waals surface area (Å²) in [5.41, 5.74) is 5.55. The first-order valence-corrected chi connectivity index (χ1v) is 12.9. The minimum Gasteiger partial charge on any atom is -0.454 e. The molecule has 3 atom stereocenters. The monoisotopic (exact) mass is 528 g/mol. The molecule has 0 saturated carbocycles. The van der Waals surface area contributed by atoms with E-state index in [0.29, 0.717) is 10.7 Å². The fourth-order valence-electron chi connectivity index (χ4n) is 6.36. The van der Waals surface area contributed by atoms with Crippen LogP contribution >= 0.6 is 11.6 Å². The van der Waals surface area contributed by atoms with Crippen LogP contribution in [0.25, 0.3) is 0 Å². The summed E-state index contributed by atoms with van der Waals surface area (Å²) in [6.45, 7) is 2.73. The summed E-state index contributed by atoms with van der Waals surface area (Å²) in [6, 6.07) is 19.8. The Morgan fingerprint density at radius 3 is 1.89 bits per heavy atom. The first kappa shape index (κ1) is 24.4. The second-order valence-corrected chi connectivity index (χ2v) is 10.5. The molecule has 7 nitrogen and oxygen atoms in total. The number of nitrogens with one attached hydrogen (secondary N) is 1. The van der Waals surface area contributed by atoms with Gasteiger partial charge in [-0.2, -0.15) is 0 Å². The maximum absolute atomic E-state index is 13.8. The van der Waals surface area contributed by atoms with Crippen molar-refractivity contribution in [2.24, 2.45) is 11.8 Å². The molecule has 3 aliphatic carbocycles. The van der Waals surface area contributed by atoms with E-state index >= 15 is 0 Å². The molecule has 0 aromatic heterocycles. The Morgan fingerprint density at radius 1 is 0.895 bits per heavy atom. The average Bonchev–Trinajstić information content (AvgIpc) is 3.19. The van der Waals surface area contributed by atoms with Gasteiger partial charge in [-0.05, 0) is 53.8 Å². The number of hydrogen-bond acceptors (Lipinski definition) is 5. The van der Waals surface area contributed by atoms with Gasteiger partial charge in [-0.1, -0.05) is 66.2 Å². The van der Waals surface area contributed by atoms with Crippen molar-refractivity contribution in [1.29, 1.82) is 0 Å². The first-order chi connectivity index (χ1) is 18.3. The number of aryl methyl sites for hydroxylation is 1. The van der Waals surface area contributed by atoms with Crippen LogP contribution < -0.4 is 5.32 Å². The van der Waals surface area contributed by atoms with Crippen LogP contribution in [0.2, 0.25) is 5.02 Å². The lowest BCUT2D eigenvalue weighted by atomic mass is 9.55. The predicted molar refractivity (Wildman–Crippen MR) is 141 cm³/mol. The average molecular weight is 529 g/mol. The van der Waals surface area contributed by atoms with Gasteiger partial charge in [-0.15, -0.1) is 0 Å². The van der Waals surface area contributed by atoms with Crippen molar-refractivity contribution in [2.45, 2.75) is 31.7 Å². The second-order valence-electron chi connectivity index (χ2n) is 10.1. The third-order valence-electron chi connectivity index (χ3n) is 8.03. The smallest absolute Gasteiger partial charge is 0.329 e. The van der Waals surface area contributed by atoms with Crippen LogP contribution in [-0.2, 0) is 23.9 Å². The highest BCUT2D eigenvalue weighted by molar-refractivity contribution is 6.31. The lowest BCUT2D eigenvalue weighted by Crippen LogP contribution is -2.45. The molecule has 1 heterocycles. The Bertz CT molecular complexity index is 1400. The quantitative estimate of drug-likeness (QED) is 0.391. The van der Waals surface area contributed by atoms with Gasteiger partial charge in [0.25, 0.3) is 5.91 Å². The van der Waals surface area contributed by atoms with E-state index in [2.05, 4.69) is 5.32 Å². The van der Waals surface area contributed by atoms with E-state index in [1.165, 1.54) is 6.92 Å². The number of carbonyl (C=O) groups excluding carboxylic acids is 4. The molecule has 192 valence electrons. The maximum Gasteiger partial charge on any atom is 0.329 e. The number of nitrogens with zero attached hydrogens (tertiary/aromatic N) is 1. The van der Waals surface area contributed by atoms with Crippen molar-refractivity contribution in [2.75, 3.05) is 11.9 Å². The number of benzene rings is 3. The highest BCUT2D eigenvalue weighted by atomic mass is 35.5. The van der Waals surface area contributed by atoms with Crippen LogP contribution in [-0.4, -0.2) is 41.2 Å². The summed E-state index contributed by atoms with van der Waals surface area (Å²) in [7, 11) is 0. The number of carbonyl (C=O) groups is 4. The Kier molecular flexibility index (Phi) is 5.83. The lowest BCUT2D eigenvalue weighted by molar-refractivity contribution is -0.159. The third-order valence-corrected chi connectivity index (χ3v) is 8.27. The highest BCUT2D eigenvalue weighted by Gasteiger charge is 2.62. The van der Waals surface area contributed by atoms with E-state index in [-0.39, 0.29) is 23.7 Å². The van der Waals surface area contributed by atoms with Crippen LogP contribution in [0, 0.1) is 18.8 Å². The number of ether oxygens (including phenoxy) is 1. The number of likely N-dealkylation sites (tertiary alicyclic amines) is 1. The van der Waals surface area contributed by atoms with Crippen LogP contribution in [0.1, 0.15) is 46.6 Å². The number of rotatable bonds is 5. The van der Waals surface area contributed by atoms with Gasteiger partial charge in [-0.3, -0.25) is 19.3 Å². The molecule has 7 rings (SSSR count). The van der Waals surface area contributed by atoms with Gasteiger partial charge < -0.3 is 10.1 Å². The van der Waals surface area contributed by atoms with Crippen LogP contribution in [0.3, 0.4) is 0 Å². The molecule has 2 bridgehead atoms. The molecule has 1 fully saturated rings. The van der Waals surface area contributed by atoms with E-state index in [1.807, 2.05) is 55.5 Å². The molecule has 8 heteroatoms. The standard InChI is InChI=1S/C30H25ClN2O5/c1-15-11-12-17(31)13-22(15)32-23(34)14-38-30(37)16(2)33-28(35)26-24-18-7-3-4-8-19(18)25(27(26)29(33)36)21-10-6-5-9-20(21)24/h3-13,16,24-27H,14H2,1-2H3,(H,32,34)/t16-,24?,25?,26-,27+/m0/s1. The molecule has 4 aliphatic rings. The maximum atomic E-state index is 13.8. The Labute approximate surface area is 224 Å². The van der Waals surface area contributed by atoms with Crippen molar-refractivity contribution < 1.29 is 23.9 Å². The Morgan fingerprint density at radius 2 is 1.39 bits per heavy atom.